The maximum atomic E-state index is 5.41. The van der Waals surface area contributed by atoms with Crippen LogP contribution in [0.2, 0.25) is 0 Å². The minimum absolute atomic E-state index is 0.430. The molecule has 0 saturated carbocycles. The third-order valence-electron chi connectivity index (χ3n) is 4.18. The van der Waals surface area contributed by atoms with Crippen LogP contribution in [-0.2, 0) is 17.7 Å². The number of epoxide rings is 1. The number of benzene rings is 1. The van der Waals surface area contributed by atoms with Crippen molar-refractivity contribution in [2.75, 3.05) is 27.2 Å². The van der Waals surface area contributed by atoms with E-state index in [1.807, 2.05) is 0 Å². The predicted molar refractivity (Wildman–Crippen MR) is 83.3 cm³/mol. The smallest absolute Gasteiger partial charge is 0.0988 e. The number of fused-ring (bicyclic) bond motifs is 1. The van der Waals surface area contributed by atoms with E-state index in [0.717, 1.165) is 26.1 Å². The molecule has 0 N–H and O–H groups in total. The van der Waals surface area contributed by atoms with Crippen molar-refractivity contribution in [1.82, 2.24) is 9.47 Å². The lowest BCUT2D eigenvalue weighted by Gasteiger charge is -2.10. The Kier molecular flexibility index (Phi) is 3.81. The molecule has 0 bridgehead atoms. The van der Waals surface area contributed by atoms with Gasteiger partial charge >= 0.3 is 0 Å². The number of hydrogen-bond donors (Lipinski definition) is 0. The third kappa shape index (κ3) is 2.74. The SMILES string of the molecule is Cc1c(CCCN(C)C)c2ccccc2n1CC1CO1. The van der Waals surface area contributed by atoms with Gasteiger partial charge < -0.3 is 14.2 Å². The van der Waals surface area contributed by atoms with Crippen LogP contribution in [0.3, 0.4) is 0 Å². The molecule has 0 radical (unpaired) electrons. The first-order valence-electron chi connectivity index (χ1n) is 7.50. The van der Waals surface area contributed by atoms with Gasteiger partial charge in [-0.3, -0.25) is 0 Å². The van der Waals surface area contributed by atoms with E-state index >= 15 is 0 Å². The van der Waals surface area contributed by atoms with Crippen LogP contribution >= 0.6 is 0 Å². The highest BCUT2D eigenvalue weighted by atomic mass is 16.6. The second-order valence-electron chi connectivity index (χ2n) is 6.05. The number of hydrogen-bond acceptors (Lipinski definition) is 2. The van der Waals surface area contributed by atoms with E-state index in [1.165, 1.54) is 28.6 Å². The van der Waals surface area contributed by atoms with Crippen LogP contribution in [0, 0.1) is 6.92 Å². The zero-order valence-electron chi connectivity index (χ0n) is 12.7. The average molecular weight is 272 g/mol. The van der Waals surface area contributed by atoms with Gasteiger partial charge in [0.15, 0.2) is 0 Å². The molecule has 3 rings (SSSR count). The van der Waals surface area contributed by atoms with Crippen molar-refractivity contribution in [1.29, 1.82) is 0 Å². The Morgan fingerprint density at radius 3 is 2.75 bits per heavy atom. The molecule has 1 aromatic carbocycles. The Morgan fingerprint density at radius 1 is 1.30 bits per heavy atom. The maximum absolute atomic E-state index is 5.41. The predicted octanol–water partition coefficient (Wildman–Crippen LogP) is 2.84. The number of aromatic nitrogens is 1. The Morgan fingerprint density at radius 2 is 2.05 bits per heavy atom. The Labute approximate surface area is 121 Å². The van der Waals surface area contributed by atoms with Gasteiger partial charge in [0.05, 0.1) is 19.3 Å². The van der Waals surface area contributed by atoms with Crippen LogP contribution in [0.4, 0.5) is 0 Å². The van der Waals surface area contributed by atoms with Crippen LogP contribution in [0.25, 0.3) is 10.9 Å². The second kappa shape index (κ2) is 5.58. The molecule has 2 aromatic rings. The first-order chi connectivity index (χ1) is 9.66. The molecule has 3 heteroatoms. The Balaban J connectivity index is 1.91. The fourth-order valence-corrected chi connectivity index (χ4v) is 3.00. The van der Waals surface area contributed by atoms with E-state index in [2.05, 4.69) is 54.8 Å². The lowest BCUT2D eigenvalue weighted by Crippen LogP contribution is -2.13. The van der Waals surface area contributed by atoms with Gasteiger partial charge in [-0.15, -0.1) is 0 Å². The van der Waals surface area contributed by atoms with Gasteiger partial charge in [0, 0.05) is 16.6 Å². The normalized spacial score (nSPS) is 18.1. The van der Waals surface area contributed by atoms with Crippen LogP contribution in [0.15, 0.2) is 24.3 Å². The van der Waals surface area contributed by atoms with Crippen LogP contribution in [0.1, 0.15) is 17.7 Å². The van der Waals surface area contributed by atoms with Gasteiger partial charge in [-0.2, -0.15) is 0 Å². The highest BCUT2D eigenvalue weighted by Crippen LogP contribution is 2.28. The Bertz CT molecular complexity index is 596. The van der Waals surface area contributed by atoms with Crippen molar-refractivity contribution >= 4 is 10.9 Å². The topological polar surface area (TPSA) is 20.7 Å². The monoisotopic (exact) mass is 272 g/mol. The number of para-hydroxylation sites is 1. The second-order valence-corrected chi connectivity index (χ2v) is 6.05. The summed E-state index contributed by atoms with van der Waals surface area (Å²) in [6, 6.07) is 8.78. The summed E-state index contributed by atoms with van der Waals surface area (Å²) in [5, 5.41) is 1.42. The summed E-state index contributed by atoms with van der Waals surface area (Å²) < 4.78 is 7.85. The quantitative estimate of drug-likeness (QED) is 0.754. The molecule has 20 heavy (non-hydrogen) atoms. The van der Waals surface area contributed by atoms with Gasteiger partial charge in [0.2, 0.25) is 0 Å². The van der Waals surface area contributed by atoms with Crippen molar-refractivity contribution in [3.63, 3.8) is 0 Å². The molecule has 0 amide bonds. The zero-order valence-corrected chi connectivity index (χ0v) is 12.7. The first kappa shape index (κ1) is 13.7. The summed E-state index contributed by atoms with van der Waals surface area (Å²) in [6.45, 7) is 5.32. The lowest BCUT2D eigenvalue weighted by molar-refractivity contribution is 0.383. The van der Waals surface area contributed by atoms with Gasteiger partial charge in [0.1, 0.15) is 0 Å². The number of aryl methyl sites for hydroxylation is 1. The summed E-state index contributed by atoms with van der Waals surface area (Å²) in [5.41, 5.74) is 4.30. The molecule has 0 spiro atoms. The molecule has 1 aromatic heterocycles. The molecule has 108 valence electrons. The molecule has 1 unspecified atom stereocenters. The molecule has 0 aliphatic carbocycles. The van der Waals surface area contributed by atoms with E-state index in [4.69, 9.17) is 4.74 Å². The van der Waals surface area contributed by atoms with Gasteiger partial charge in [-0.05, 0) is 52.0 Å². The van der Waals surface area contributed by atoms with Crippen LogP contribution in [-0.4, -0.2) is 42.8 Å². The summed E-state index contributed by atoms with van der Waals surface area (Å²) in [4.78, 5) is 2.26. The highest BCUT2D eigenvalue weighted by molar-refractivity contribution is 5.85. The molecular weight excluding hydrogens is 248 g/mol. The van der Waals surface area contributed by atoms with Gasteiger partial charge in [0.25, 0.3) is 0 Å². The molecule has 2 heterocycles. The van der Waals surface area contributed by atoms with E-state index in [0.29, 0.717) is 6.10 Å². The van der Waals surface area contributed by atoms with E-state index in [9.17, 15) is 0 Å². The number of rotatable bonds is 6. The molecule has 1 fully saturated rings. The van der Waals surface area contributed by atoms with Crippen molar-refractivity contribution in [2.24, 2.45) is 0 Å². The van der Waals surface area contributed by atoms with Gasteiger partial charge in [-0.25, -0.2) is 0 Å². The number of nitrogens with zero attached hydrogens (tertiary/aromatic N) is 2. The third-order valence-corrected chi connectivity index (χ3v) is 4.18. The average Bonchev–Trinajstić information content (AvgIpc) is 3.20. The summed E-state index contributed by atoms with van der Waals surface area (Å²) in [7, 11) is 4.28. The van der Waals surface area contributed by atoms with Crippen molar-refractivity contribution in [3.05, 3.63) is 35.5 Å². The fraction of sp³-hybridized carbons (Fsp3) is 0.529. The fourth-order valence-electron chi connectivity index (χ4n) is 3.00. The Hall–Kier alpha value is -1.32. The van der Waals surface area contributed by atoms with Gasteiger partial charge in [-0.1, -0.05) is 18.2 Å². The standard InChI is InChI=1S/C17H24N2O/c1-13-15(8-6-10-18(2)3)16-7-4-5-9-17(16)19(13)11-14-12-20-14/h4-5,7,9,14H,6,8,10-12H2,1-3H3. The maximum Gasteiger partial charge on any atom is 0.0988 e. The first-order valence-corrected chi connectivity index (χ1v) is 7.50. The van der Waals surface area contributed by atoms with E-state index in [1.54, 1.807) is 0 Å². The summed E-state index contributed by atoms with van der Waals surface area (Å²) in [5.74, 6) is 0. The molecular formula is C17H24N2O. The molecule has 3 nitrogen and oxygen atoms in total. The lowest BCUT2D eigenvalue weighted by atomic mass is 10.1. The molecule has 1 aliphatic heterocycles. The number of ether oxygens (including phenoxy) is 1. The summed E-state index contributed by atoms with van der Waals surface area (Å²) >= 11 is 0. The molecule has 1 aliphatic rings. The molecule has 1 saturated heterocycles. The van der Waals surface area contributed by atoms with Crippen LogP contribution in [0.5, 0.6) is 0 Å². The zero-order chi connectivity index (χ0) is 14.1. The minimum atomic E-state index is 0.430. The van der Waals surface area contributed by atoms with E-state index < -0.39 is 0 Å². The van der Waals surface area contributed by atoms with E-state index in [-0.39, 0.29) is 0 Å². The molecule has 1 atom stereocenters. The van der Waals surface area contributed by atoms with Crippen molar-refractivity contribution in [2.45, 2.75) is 32.4 Å². The largest absolute Gasteiger partial charge is 0.371 e. The minimum Gasteiger partial charge on any atom is -0.371 e. The van der Waals surface area contributed by atoms with Crippen molar-refractivity contribution < 1.29 is 4.74 Å². The van der Waals surface area contributed by atoms with Crippen LogP contribution < -0.4 is 0 Å². The highest BCUT2D eigenvalue weighted by Gasteiger charge is 2.25. The van der Waals surface area contributed by atoms with Crippen molar-refractivity contribution in [3.8, 4) is 0 Å². The summed E-state index contributed by atoms with van der Waals surface area (Å²) in [6.07, 6.45) is 2.80.